The van der Waals surface area contributed by atoms with Gasteiger partial charge in [-0.25, -0.2) is 0 Å². The number of hydrogen-bond acceptors (Lipinski definition) is 8. The molecular weight excluding hydrogens is 310 g/mol. The third kappa shape index (κ3) is 3.19. The molecule has 1 amide bonds. The van der Waals surface area contributed by atoms with Crippen LogP contribution in [-0.4, -0.2) is 35.3 Å². The average Bonchev–Trinajstić information content (AvgIpc) is 3.05. The molecule has 1 atom stereocenters. The van der Waals surface area contributed by atoms with Crippen molar-refractivity contribution >= 4 is 35.0 Å². The topological polar surface area (TPSA) is 112 Å². The van der Waals surface area contributed by atoms with E-state index in [9.17, 15) is 14.7 Å². The summed E-state index contributed by atoms with van der Waals surface area (Å²) in [7, 11) is 0. The van der Waals surface area contributed by atoms with E-state index in [1.807, 2.05) is 0 Å². The van der Waals surface area contributed by atoms with Crippen LogP contribution in [0.4, 0.5) is 0 Å². The fraction of sp³-hybridized carbons (Fsp3) is 0.231. The van der Waals surface area contributed by atoms with Gasteiger partial charge in [0, 0.05) is 12.4 Å². The first-order chi connectivity index (χ1) is 10.6. The first-order valence-electron chi connectivity index (χ1n) is 6.30. The number of carboxylic acids is 1. The van der Waals surface area contributed by atoms with Crippen molar-refractivity contribution in [2.45, 2.75) is 11.7 Å². The fourth-order valence-electron chi connectivity index (χ4n) is 1.88. The highest BCUT2D eigenvalue weighted by Crippen LogP contribution is 2.32. The van der Waals surface area contributed by atoms with E-state index in [-0.39, 0.29) is 18.4 Å². The van der Waals surface area contributed by atoms with Crippen molar-refractivity contribution < 1.29 is 24.2 Å². The van der Waals surface area contributed by atoms with Crippen LogP contribution in [0.25, 0.3) is 0 Å². The van der Waals surface area contributed by atoms with Crippen molar-refractivity contribution in [1.82, 2.24) is 5.32 Å². The maximum atomic E-state index is 11.5. The lowest BCUT2D eigenvalue weighted by Crippen LogP contribution is -2.31. The number of carboxylic acid groups (broad SMARTS) is 1. The number of thioether (sulfide) groups is 1. The number of amides is 1. The second kappa shape index (κ2) is 6.06. The van der Waals surface area contributed by atoms with Crippen LogP contribution >= 0.6 is 11.8 Å². The summed E-state index contributed by atoms with van der Waals surface area (Å²) in [5.74, 6) is -0.384. The third-order valence-electron chi connectivity index (χ3n) is 2.88. The van der Waals surface area contributed by atoms with Gasteiger partial charge in [-0.3, -0.25) is 4.79 Å². The average molecular weight is 320 g/mol. The quantitative estimate of drug-likeness (QED) is 0.590. The van der Waals surface area contributed by atoms with Gasteiger partial charge in [-0.2, -0.15) is 5.10 Å². The Morgan fingerprint density at radius 1 is 1.45 bits per heavy atom. The number of ether oxygens (including phenoxy) is 2. The lowest BCUT2D eigenvalue weighted by atomic mass is 10.2. The van der Waals surface area contributed by atoms with Gasteiger partial charge in [0.25, 0.3) is 0 Å². The van der Waals surface area contributed by atoms with Crippen molar-refractivity contribution in [1.29, 1.82) is 0 Å². The molecule has 9 heteroatoms. The van der Waals surface area contributed by atoms with Crippen molar-refractivity contribution in [2.75, 3.05) is 6.79 Å². The minimum atomic E-state index is -1.28. The van der Waals surface area contributed by atoms with Crippen LogP contribution in [-0.2, 0) is 9.59 Å². The summed E-state index contributed by atoms with van der Waals surface area (Å²) in [4.78, 5) is 22.0. The molecule has 1 saturated heterocycles. The van der Waals surface area contributed by atoms with Crippen LogP contribution in [0, 0.1) is 0 Å². The predicted molar refractivity (Wildman–Crippen MR) is 76.7 cm³/mol. The van der Waals surface area contributed by atoms with E-state index in [0.29, 0.717) is 11.5 Å². The summed E-state index contributed by atoms with van der Waals surface area (Å²) in [6, 6.07) is 5.31. The monoisotopic (exact) mass is 320 g/mol. The number of hydrogen-bond donors (Lipinski definition) is 1. The van der Waals surface area contributed by atoms with Crippen LogP contribution in [0.3, 0.4) is 0 Å². The maximum absolute atomic E-state index is 11.5. The van der Waals surface area contributed by atoms with E-state index in [0.717, 1.165) is 17.3 Å². The van der Waals surface area contributed by atoms with Crippen LogP contribution in [0.1, 0.15) is 12.0 Å². The summed E-state index contributed by atoms with van der Waals surface area (Å²) in [6.07, 6.45) is 1.13. The van der Waals surface area contributed by atoms with Crippen molar-refractivity contribution in [3.05, 3.63) is 23.8 Å². The Morgan fingerprint density at radius 3 is 3.09 bits per heavy atom. The molecule has 2 heterocycles. The van der Waals surface area contributed by atoms with E-state index >= 15 is 0 Å². The van der Waals surface area contributed by atoms with Gasteiger partial charge in [-0.15, -0.1) is 5.10 Å². The molecule has 114 valence electrons. The molecule has 0 unspecified atom stereocenters. The number of rotatable bonds is 4. The Morgan fingerprint density at radius 2 is 2.27 bits per heavy atom. The number of aliphatic carboxylic acids is 1. The summed E-state index contributed by atoms with van der Waals surface area (Å²) < 4.78 is 10.4. The Bertz CT molecular complexity index is 688. The summed E-state index contributed by atoms with van der Waals surface area (Å²) in [6.45, 7) is 0.195. The standard InChI is InChI=1S/C13H11N3O5S/c17-11(18)4-10-12(19)15-13(22-10)16-14-5-7-1-2-8-9(3-7)21-6-20-8/h1-3,5,10H,4,6H2,(H,17,18)(H,15,16,19)/p-1/b14-5-/t10-/m1/s1. The molecule has 22 heavy (non-hydrogen) atoms. The van der Waals surface area contributed by atoms with E-state index in [2.05, 4.69) is 15.5 Å². The number of nitrogens with zero attached hydrogens (tertiary/aromatic N) is 2. The molecule has 0 bridgehead atoms. The largest absolute Gasteiger partial charge is 0.550 e. The number of nitrogens with one attached hydrogen (secondary N) is 1. The van der Waals surface area contributed by atoms with Crippen LogP contribution in [0.2, 0.25) is 0 Å². The Balaban J connectivity index is 1.64. The molecule has 8 nitrogen and oxygen atoms in total. The number of fused-ring (bicyclic) bond motifs is 1. The van der Waals surface area contributed by atoms with Gasteiger partial charge in [0.1, 0.15) is 0 Å². The molecule has 0 aliphatic carbocycles. The zero-order chi connectivity index (χ0) is 15.5. The highest BCUT2D eigenvalue weighted by molar-refractivity contribution is 8.15. The maximum Gasteiger partial charge on any atom is 0.239 e. The van der Waals surface area contributed by atoms with Gasteiger partial charge < -0.3 is 24.7 Å². The zero-order valence-electron chi connectivity index (χ0n) is 11.1. The number of amidine groups is 1. The predicted octanol–water partition coefficient (Wildman–Crippen LogP) is -0.523. The molecular formula is C13H10N3O5S-. The molecule has 0 aromatic heterocycles. The van der Waals surface area contributed by atoms with Gasteiger partial charge in [0.15, 0.2) is 16.7 Å². The second-order valence-electron chi connectivity index (χ2n) is 4.43. The first kappa shape index (κ1) is 14.4. The molecule has 3 rings (SSSR count). The van der Waals surface area contributed by atoms with E-state index in [4.69, 9.17) is 9.47 Å². The molecule has 0 spiro atoms. The first-order valence-corrected chi connectivity index (χ1v) is 7.18. The molecule has 1 fully saturated rings. The second-order valence-corrected chi connectivity index (χ2v) is 5.63. The Labute approximate surface area is 129 Å². The van der Waals surface area contributed by atoms with E-state index < -0.39 is 17.1 Å². The number of carbonyl (C=O) groups is 2. The summed E-state index contributed by atoms with van der Waals surface area (Å²) in [5.41, 5.74) is 0.759. The minimum Gasteiger partial charge on any atom is -0.550 e. The van der Waals surface area contributed by atoms with Crippen molar-refractivity contribution in [3.63, 3.8) is 0 Å². The molecule has 1 N–H and O–H groups in total. The molecule has 0 saturated carbocycles. The van der Waals surface area contributed by atoms with Gasteiger partial charge in [-0.05, 0) is 23.8 Å². The number of benzene rings is 1. The van der Waals surface area contributed by atoms with Crippen LogP contribution < -0.4 is 19.9 Å². The van der Waals surface area contributed by atoms with Crippen LogP contribution in [0.15, 0.2) is 28.4 Å². The molecule has 0 radical (unpaired) electrons. The molecule has 2 aliphatic heterocycles. The molecule has 1 aromatic carbocycles. The van der Waals surface area contributed by atoms with Gasteiger partial charge in [-0.1, -0.05) is 11.8 Å². The minimum absolute atomic E-state index is 0.195. The SMILES string of the molecule is O=C([O-])C[C@H]1S/C(=N/N=C\c2ccc3c(c2)OCO3)NC1=O. The van der Waals surface area contributed by atoms with E-state index in [1.165, 1.54) is 6.21 Å². The Hall–Kier alpha value is -2.55. The normalized spacial score (nSPS) is 21.5. The smallest absolute Gasteiger partial charge is 0.239 e. The Kier molecular flexibility index (Phi) is 3.96. The molecule has 1 aromatic rings. The third-order valence-corrected chi connectivity index (χ3v) is 3.95. The van der Waals surface area contributed by atoms with Gasteiger partial charge in [0.05, 0.1) is 11.5 Å². The van der Waals surface area contributed by atoms with E-state index in [1.54, 1.807) is 18.2 Å². The summed E-state index contributed by atoms with van der Waals surface area (Å²) >= 11 is 1.01. The van der Waals surface area contributed by atoms with Crippen molar-refractivity contribution in [2.24, 2.45) is 10.2 Å². The molecule has 2 aliphatic rings. The van der Waals surface area contributed by atoms with Gasteiger partial charge >= 0.3 is 0 Å². The summed E-state index contributed by atoms with van der Waals surface area (Å²) in [5, 5.41) is 20.2. The number of carbonyl (C=O) groups excluding carboxylic acids is 2. The fourth-order valence-corrected chi connectivity index (χ4v) is 2.79. The lowest BCUT2D eigenvalue weighted by molar-refractivity contribution is -0.305. The highest BCUT2D eigenvalue weighted by Gasteiger charge is 2.30. The van der Waals surface area contributed by atoms with Gasteiger partial charge in [0.2, 0.25) is 12.7 Å². The van der Waals surface area contributed by atoms with Crippen LogP contribution in [0.5, 0.6) is 11.5 Å². The lowest BCUT2D eigenvalue weighted by Gasteiger charge is -2.04. The zero-order valence-corrected chi connectivity index (χ0v) is 12.0. The highest BCUT2D eigenvalue weighted by atomic mass is 32.2. The van der Waals surface area contributed by atoms with Crippen molar-refractivity contribution in [3.8, 4) is 11.5 Å².